The number of benzene rings is 2. The molecule has 5 rings (SSSR count). The molecular weight excluding hydrogens is 475 g/mol. The quantitative estimate of drug-likeness (QED) is 0.383. The number of aryl methyl sites for hydroxylation is 1. The first-order chi connectivity index (χ1) is 17.9. The molecule has 9 nitrogen and oxygen atoms in total. The number of aromatic nitrogens is 3. The molecule has 10 heteroatoms. The van der Waals surface area contributed by atoms with Crippen LogP contribution in [-0.4, -0.2) is 67.3 Å². The number of likely N-dealkylation sites (N-methyl/N-ethyl adjacent to an activating group) is 1. The summed E-state index contributed by atoms with van der Waals surface area (Å²) in [5.74, 6) is 2.26. The van der Waals surface area contributed by atoms with E-state index in [1.807, 2.05) is 18.2 Å². The highest BCUT2D eigenvalue weighted by Crippen LogP contribution is 2.36. The van der Waals surface area contributed by atoms with Gasteiger partial charge in [-0.05, 0) is 43.4 Å². The molecule has 0 unspecified atom stereocenters. The van der Waals surface area contributed by atoms with Gasteiger partial charge in [0.2, 0.25) is 5.95 Å². The minimum absolute atomic E-state index is 0.286. The summed E-state index contributed by atoms with van der Waals surface area (Å²) in [7, 11) is 5.26. The third kappa shape index (κ3) is 5.34. The fourth-order valence-electron chi connectivity index (χ4n) is 4.30. The van der Waals surface area contributed by atoms with E-state index in [4.69, 9.17) is 13.9 Å². The number of piperazine rings is 1. The molecule has 0 radical (unpaired) electrons. The number of oxazole rings is 1. The van der Waals surface area contributed by atoms with Gasteiger partial charge < -0.3 is 29.0 Å². The van der Waals surface area contributed by atoms with Gasteiger partial charge in [0.1, 0.15) is 28.7 Å². The van der Waals surface area contributed by atoms with Crippen molar-refractivity contribution in [3.05, 3.63) is 60.4 Å². The van der Waals surface area contributed by atoms with Crippen LogP contribution in [0.5, 0.6) is 11.5 Å². The van der Waals surface area contributed by atoms with Crippen LogP contribution in [-0.2, 0) is 0 Å². The van der Waals surface area contributed by atoms with Gasteiger partial charge >= 0.3 is 0 Å². The van der Waals surface area contributed by atoms with E-state index in [0.717, 1.165) is 31.7 Å². The highest BCUT2D eigenvalue weighted by molar-refractivity contribution is 5.77. The van der Waals surface area contributed by atoms with Crippen LogP contribution in [0, 0.1) is 12.7 Å². The van der Waals surface area contributed by atoms with E-state index in [9.17, 15) is 4.39 Å². The summed E-state index contributed by atoms with van der Waals surface area (Å²) in [6, 6.07) is 12.3. The number of hydrogen-bond donors (Lipinski definition) is 1. The predicted octanol–water partition coefficient (Wildman–Crippen LogP) is 4.76. The molecule has 2 aromatic carbocycles. The van der Waals surface area contributed by atoms with Crippen LogP contribution in [0.15, 0.2) is 53.1 Å². The molecule has 0 spiro atoms. The van der Waals surface area contributed by atoms with Crippen LogP contribution in [0.1, 0.15) is 5.89 Å². The number of methoxy groups -OCH3 is 2. The molecular formula is C27H29FN6O3. The molecule has 0 amide bonds. The molecule has 1 aliphatic rings. The molecule has 0 atom stereocenters. The maximum atomic E-state index is 15.0. The molecule has 1 fully saturated rings. The van der Waals surface area contributed by atoms with Crippen LogP contribution in [0.2, 0.25) is 0 Å². The van der Waals surface area contributed by atoms with E-state index >= 15 is 0 Å². The summed E-state index contributed by atoms with van der Waals surface area (Å²) < 4.78 is 31.7. The van der Waals surface area contributed by atoms with Crippen LogP contribution in [0.25, 0.3) is 22.7 Å². The first kappa shape index (κ1) is 24.5. The highest BCUT2D eigenvalue weighted by Gasteiger charge is 2.20. The summed E-state index contributed by atoms with van der Waals surface area (Å²) in [4.78, 5) is 17.8. The first-order valence-corrected chi connectivity index (χ1v) is 12.0. The molecule has 2 aromatic heterocycles. The largest absolute Gasteiger partial charge is 0.497 e. The van der Waals surface area contributed by atoms with Crippen LogP contribution >= 0.6 is 0 Å². The fraction of sp³-hybridized carbons (Fsp3) is 0.296. The summed E-state index contributed by atoms with van der Waals surface area (Å²) in [6.07, 6.45) is 1.62. The van der Waals surface area contributed by atoms with Crippen molar-refractivity contribution in [3.8, 4) is 34.2 Å². The molecule has 0 aliphatic carbocycles. The molecule has 1 N–H and O–H groups in total. The second-order valence-corrected chi connectivity index (χ2v) is 8.86. The lowest BCUT2D eigenvalue weighted by molar-refractivity contribution is 0.311. The average molecular weight is 505 g/mol. The van der Waals surface area contributed by atoms with Crippen molar-refractivity contribution >= 4 is 17.3 Å². The van der Waals surface area contributed by atoms with Gasteiger partial charge in [-0.2, -0.15) is 0 Å². The van der Waals surface area contributed by atoms with E-state index in [2.05, 4.69) is 37.1 Å². The van der Waals surface area contributed by atoms with Crippen molar-refractivity contribution in [2.45, 2.75) is 6.92 Å². The van der Waals surface area contributed by atoms with Gasteiger partial charge in [-0.3, -0.25) is 0 Å². The second kappa shape index (κ2) is 10.4. The van der Waals surface area contributed by atoms with Gasteiger partial charge in [0.05, 0.1) is 19.9 Å². The maximum absolute atomic E-state index is 15.0. The Morgan fingerprint density at radius 1 is 0.946 bits per heavy atom. The Kier molecular flexibility index (Phi) is 6.91. The van der Waals surface area contributed by atoms with Gasteiger partial charge in [-0.25, -0.2) is 19.3 Å². The van der Waals surface area contributed by atoms with Crippen LogP contribution in [0.3, 0.4) is 0 Å². The normalized spacial score (nSPS) is 14.0. The highest BCUT2D eigenvalue weighted by atomic mass is 19.1. The zero-order chi connectivity index (χ0) is 25.9. The lowest BCUT2D eigenvalue weighted by Crippen LogP contribution is -2.44. The number of hydrogen-bond acceptors (Lipinski definition) is 9. The van der Waals surface area contributed by atoms with Crippen molar-refractivity contribution in [1.29, 1.82) is 0 Å². The van der Waals surface area contributed by atoms with Crippen LogP contribution in [0.4, 0.5) is 21.7 Å². The number of ether oxygens (including phenoxy) is 2. The molecule has 37 heavy (non-hydrogen) atoms. The Morgan fingerprint density at radius 2 is 1.68 bits per heavy atom. The Bertz CT molecular complexity index is 1380. The van der Waals surface area contributed by atoms with Gasteiger partial charge in [0, 0.05) is 56.6 Å². The van der Waals surface area contributed by atoms with Gasteiger partial charge in [-0.15, -0.1) is 0 Å². The van der Waals surface area contributed by atoms with E-state index in [1.54, 1.807) is 45.5 Å². The second-order valence-electron chi connectivity index (χ2n) is 8.86. The lowest BCUT2D eigenvalue weighted by atomic mass is 10.1. The van der Waals surface area contributed by atoms with E-state index in [-0.39, 0.29) is 5.82 Å². The topological polar surface area (TPSA) is 88.8 Å². The number of halogens is 1. The Morgan fingerprint density at radius 3 is 2.35 bits per heavy atom. The minimum Gasteiger partial charge on any atom is -0.497 e. The SMILES string of the molecule is COc1cc(OC)cc(-c2nc(C)oc2-c2ccnc(Nc3ccc(N4CCN(C)CC4)c(F)c3)n2)c1. The third-order valence-electron chi connectivity index (χ3n) is 6.29. The minimum atomic E-state index is -0.286. The monoisotopic (exact) mass is 504 g/mol. The summed E-state index contributed by atoms with van der Waals surface area (Å²) in [6.45, 7) is 5.18. The van der Waals surface area contributed by atoms with Crippen molar-refractivity contribution in [3.63, 3.8) is 0 Å². The Hall–Kier alpha value is -4.18. The Labute approximate surface area is 214 Å². The number of anilines is 3. The summed E-state index contributed by atoms with van der Waals surface area (Å²) in [5.41, 5.74) is 3.05. The molecule has 3 heterocycles. The summed E-state index contributed by atoms with van der Waals surface area (Å²) >= 11 is 0. The van der Waals surface area contributed by atoms with Crippen LogP contribution < -0.4 is 19.7 Å². The van der Waals surface area contributed by atoms with E-state index in [1.165, 1.54) is 6.07 Å². The smallest absolute Gasteiger partial charge is 0.227 e. The average Bonchev–Trinajstić information content (AvgIpc) is 3.31. The predicted molar refractivity (Wildman–Crippen MR) is 140 cm³/mol. The standard InChI is InChI=1S/C27H29FN6O3/c1-17-30-25(18-13-20(35-3)16-21(14-18)36-4)26(37-17)23-7-8-29-27(32-23)31-19-5-6-24(22(28)15-19)34-11-9-33(2)10-12-34/h5-8,13-16H,9-12H2,1-4H3,(H,29,31,32). The van der Waals surface area contributed by atoms with Crippen molar-refractivity contribution in [1.82, 2.24) is 19.9 Å². The van der Waals surface area contributed by atoms with E-state index < -0.39 is 0 Å². The van der Waals surface area contributed by atoms with Gasteiger partial charge in [0.25, 0.3) is 0 Å². The Balaban J connectivity index is 1.41. The molecule has 1 aliphatic heterocycles. The fourth-order valence-corrected chi connectivity index (χ4v) is 4.30. The van der Waals surface area contributed by atoms with Crippen molar-refractivity contribution in [2.24, 2.45) is 0 Å². The molecule has 1 saturated heterocycles. The number of nitrogens with one attached hydrogen (secondary N) is 1. The van der Waals surface area contributed by atoms with E-state index in [0.29, 0.717) is 51.9 Å². The summed E-state index contributed by atoms with van der Waals surface area (Å²) in [5, 5.41) is 3.10. The maximum Gasteiger partial charge on any atom is 0.227 e. The first-order valence-electron chi connectivity index (χ1n) is 12.0. The zero-order valence-electron chi connectivity index (χ0n) is 21.3. The lowest BCUT2D eigenvalue weighted by Gasteiger charge is -2.34. The third-order valence-corrected chi connectivity index (χ3v) is 6.29. The van der Waals surface area contributed by atoms with Crippen molar-refractivity contribution in [2.75, 3.05) is 57.7 Å². The molecule has 0 saturated carbocycles. The number of rotatable bonds is 7. The molecule has 4 aromatic rings. The molecule has 0 bridgehead atoms. The zero-order valence-corrected chi connectivity index (χ0v) is 21.3. The van der Waals surface area contributed by atoms with Gasteiger partial charge in [-0.1, -0.05) is 0 Å². The van der Waals surface area contributed by atoms with Gasteiger partial charge in [0.15, 0.2) is 11.7 Å². The van der Waals surface area contributed by atoms with Crippen molar-refractivity contribution < 1.29 is 18.3 Å². The molecule has 192 valence electrons. The number of nitrogens with zero attached hydrogens (tertiary/aromatic N) is 5.